The molecule has 27 heavy (non-hydrogen) atoms. The van der Waals surface area contributed by atoms with Crippen molar-refractivity contribution in [1.82, 2.24) is 0 Å². The minimum absolute atomic E-state index is 0.0989. The highest BCUT2D eigenvalue weighted by Gasteiger charge is 2.46. The predicted octanol–water partition coefficient (Wildman–Crippen LogP) is 1.70. The molecule has 2 aliphatic rings. The molecule has 2 aromatic carbocycles. The van der Waals surface area contributed by atoms with Crippen molar-refractivity contribution in [1.29, 1.82) is 0 Å². The molecule has 0 radical (unpaired) electrons. The Bertz CT molecular complexity index is 1020. The van der Waals surface area contributed by atoms with Gasteiger partial charge in [0.15, 0.2) is 5.78 Å². The largest absolute Gasteiger partial charge is 0.507 e. The lowest BCUT2D eigenvalue weighted by atomic mass is 9.72. The molecule has 0 saturated heterocycles. The second-order valence-corrected chi connectivity index (χ2v) is 7.06. The zero-order valence-electron chi connectivity index (χ0n) is 14.5. The van der Waals surface area contributed by atoms with E-state index >= 15 is 0 Å². The fourth-order valence-corrected chi connectivity index (χ4v) is 4.13. The fraction of sp³-hybridized carbons (Fsp3) is 0.300. The number of phenolic OH excluding ortho intramolecular Hbond substituents is 3. The van der Waals surface area contributed by atoms with Crippen molar-refractivity contribution < 1.29 is 35.1 Å². The highest BCUT2D eigenvalue weighted by molar-refractivity contribution is 6.31. The van der Waals surface area contributed by atoms with Crippen LogP contribution in [0.2, 0.25) is 0 Å². The number of aliphatic hydroxyl groups is 2. The molecular weight excluding hydrogens is 352 g/mol. The Morgan fingerprint density at radius 2 is 1.70 bits per heavy atom. The molecule has 4 rings (SSSR count). The average molecular weight is 370 g/mol. The first kappa shape index (κ1) is 17.5. The maximum atomic E-state index is 12.9. The number of aliphatic hydroxyl groups excluding tert-OH is 1. The number of hydrogen-bond acceptors (Lipinski definition) is 7. The molecule has 0 heterocycles. The van der Waals surface area contributed by atoms with Crippen molar-refractivity contribution in [3.63, 3.8) is 0 Å². The van der Waals surface area contributed by atoms with E-state index in [1.54, 1.807) is 6.92 Å². The van der Waals surface area contributed by atoms with Gasteiger partial charge in [-0.1, -0.05) is 19.1 Å². The molecule has 0 aliphatic heterocycles. The normalized spacial score (nSPS) is 23.6. The molecule has 2 aliphatic carbocycles. The second kappa shape index (κ2) is 5.55. The lowest BCUT2D eigenvalue weighted by Gasteiger charge is -2.39. The van der Waals surface area contributed by atoms with E-state index in [9.17, 15) is 35.1 Å². The van der Waals surface area contributed by atoms with Gasteiger partial charge in [-0.2, -0.15) is 0 Å². The highest BCUT2D eigenvalue weighted by Crippen LogP contribution is 2.51. The van der Waals surface area contributed by atoms with E-state index < -0.39 is 46.1 Å². The van der Waals surface area contributed by atoms with Crippen molar-refractivity contribution in [3.05, 3.63) is 51.6 Å². The number of carbonyl (C=O) groups excluding carboxylic acids is 2. The topological polar surface area (TPSA) is 135 Å². The van der Waals surface area contributed by atoms with Crippen LogP contribution in [-0.2, 0) is 6.42 Å². The molecule has 0 aromatic heterocycles. The van der Waals surface area contributed by atoms with Crippen LogP contribution in [0.3, 0.4) is 0 Å². The van der Waals surface area contributed by atoms with Crippen LogP contribution in [0.4, 0.5) is 0 Å². The van der Waals surface area contributed by atoms with Gasteiger partial charge in [0.05, 0.1) is 22.3 Å². The first-order chi connectivity index (χ1) is 12.7. The van der Waals surface area contributed by atoms with Gasteiger partial charge in [0, 0.05) is 16.7 Å². The first-order valence-electron chi connectivity index (χ1n) is 8.65. The van der Waals surface area contributed by atoms with E-state index in [1.807, 2.05) is 0 Å². The molecular formula is C20H18O7. The monoisotopic (exact) mass is 370 g/mol. The molecule has 7 nitrogen and oxygen atoms in total. The third-order valence-electron chi connectivity index (χ3n) is 5.76. The number of rotatable bonds is 1. The predicted molar refractivity (Wildman–Crippen MR) is 93.3 cm³/mol. The molecule has 0 saturated carbocycles. The Morgan fingerprint density at radius 1 is 1.04 bits per heavy atom. The van der Waals surface area contributed by atoms with Gasteiger partial charge < -0.3 is 25.5 Å². The summed E-state index contributed by atoms with van der Waals surface area (Å²) in [6.07, 6.45) is -1.09. The maximum Gasteiger partial charge on any atom is 0.202 e. The molecule has 0 bridgehead atoms. The third-order valence-corrected chi connectivity index (χ3v) is 5.76. The molecule has 2 unspecified atom stereocenters. The Balaban J connectivity index is 2.05. The maximum absolute atomic E-state index is 12.9. The van der Waals surface area contributed by atoms with Crippen molar-refractivity contribution in [2.24, 2.45) is 0 Å². The summed E-state index contributed by atoms with van der Waals surface area (Å²) < 4.78 is 0. The summed E-state index contributed by atoms with van der Waals surface area (Å²) in [5.74, 6) is -3.05. The van der Waals surface area contributed by atoms with Crippen molar-refractivity contribution in [2.45, 2.75) is 37.9 Å². The minimum Gasteiger partial charge on any atom is -0.507 e. The number of ketones is 2. The van der Waals surface area contributed by atoms with Crippen LogP contribution in [0.25, 0.3) is 0 Å². The molecule has 0 spiro atoms. The van der Waals surface area contributed by atoms with E-state index in [-0.39, 0.29) is 47.1 Å². The molecule has 0 amide bonds. The Kier molecular flexibility index (Phi) is 3.60. The van der Waals surface area contributed by atoms with Gasteiger partial charge in [0.1, 0.15) is 23.4 Å². The number of aromatic hydroxyl groups is 3. The Labute approximate surface area is 154 Å². The number of benzene rings is 2. The van der Waals surface area contributed by atoms with Gasteiger partial charge >= 0.3 is 0 Å². The molecule has 7 heteroatoms. The Hall–Kier alpha value is -2.90. The van der Waals surface area contributed by atoms with E-state index in [2.05, 4.69) is 0 Å². The molecule has 0 fully saturated rings. The van der Waals surface area contributed by atoms with Crippen molar-refractivity contribution >= 4 is 11.6 Å². The van der Waals surface area contributed by atoms with Gasteiger partial charge in [-0.3, -0.25) is 9.59 Å². The number of fused-ring (bicyclic) bond motifs is 3. The van der Waals surface area contributed by atoms with Gasteiger partial charge in [-0.05, 0) is 25.3 Å². The third kappa shape index (κ3) is 2.09. The van der Waals surface area contributed by atoms with Crippen LogP contribution in [0.15, 0.2) is 18.2 Å². The number of phenols is 3. The fourth-order valence-electron chi connectivity index (χ4n) is 4.13. The van der Waals surface area contributed by atoms with E-state index in [4.69, 9.17) is 0 Å². The average Bonchev–Trinajstić information content (AvgIpc) is 2.64. The number of carbonyl (C=O) groups is 2. The molecule has 2 atom stereocenters. The lowest BCUT2D eigenvalue weighted by Crippen LogP contribution is -2.40. The van der Waals surface area contributed by atoms with Crippen LogP contribution < -0.4 is 0 Å². The summed E-state index contributed by atoms with van der Waals surface area (Å²) in [6.45, 7) is 1.68. The summed E-state index contributed by atoms with van der Waals surface area (Å²) in [7, 11) is 0. The zero-order chi connectivity index (χ0) is 19.7. The zero-order valence-corrected chi connectivity index (χ0v) is 14.5. The standard InChI is InChI=1S/C20H18O7/c1-2-20(27)7-6-9-12(19(20)26)18(25)14-13(16(9)23)17(24)11-8(15(14)22)4-3-5-10(11)21/h3-5,19,21,23,25-27H,2,6-7H2,1H3. The van der Waals surface area contributed by atoms with Crippen LogP contribution in [-0.4, -0.2) is 42.7 Å². The summed E-state index contributed by atoms with van der Waals surface area (Å²) in [6, 6.07) is 3.99. The minimum atomic E-state index is -1.52. The quantitative estimate of drug-likeness (QED) is 0.411. The van der Waals surface area contributed by atoms with E-state index in [0.717, 1.165) is 0 Å². The number of hydrogen-bond donors (Lipinski definition) is 5. The molecule has 2 aromatic rings. The molecule has 140 valence electrons. The van der Waals surface area contributed by atoms with Crippen molar-refractivity contribution in [2.75, 3.05) is 0 Å². The van der Waals surface area contributed by atoms with Gasteiger partial charge in [-0.25, -0.2) is 0 Å². The Morgan fingerprint density at radius 3 is 2.37 bits per heavy atom. The van der Waals surface area contributed by atoms with Crippen molar-refractivity contribution in [3.8, 4) is 17.2 Å². The first-order valence-corrected chi connectivity index (χ1v) is 8.65. The lowest BCUT2D eigenvalue weighted by molar-refractivity contribution is -0.0921. The second-order valence-electron chi connectivity index (χ2n) is 7.06. The van der Waals surface area contributed by atoms with E-state index in [1.165, 1.54) is 18.2 Å². The smallest absolute Gasteiger partial charge is 0.202 e. The van der Waals surface area contributed by atoms with Gasteiger partial charge in [-0.15, -0.1) is 0 Å². The van der Waals surface area contributed by atoms with Gasteiger partial charge in [0.25, 0.3) is 0 Å². The summed E-state index contributed by atoms with van der Waals surface area (Å²) in [5.41, 5.74) is -2.66. The van der Waals surface area contributed by atoms with Crippen LogP contribution in [0.1, 0.15) is 68.8 Å². The van der Waals surface area contributed by atoms with Crippen LogP contribution in [0, 0.1) is 0 Å². The summed E-state index contributed by atoms with van der Waals surface area (Å²) in [4.78, 5) is 25.8. The van der Waals surface area contributed by atoms with Crippen LogP contribution >= 0.6 is 0 Å². The van der Waals surface area contributed by atoms with Gasteiger partial charge in [0.2, 0.25) is 5.78 Å². The van der Waals surface area contributed by atoms with Crippen LogP contribution in [0.5, 0.6) is 17.2 Å². The highest BCUT2D eigenvalue weighted by atomic mass is 16.3. The molecule has 5 N–H and O–H groups in total. The SMILES string of the molecule is CCC1(O)CCc2c(O)c3c(c(O)c2C1O)C(=O)c1cccc(O)c1C3=O. The summed E-state index contributed by atoms with van der Waals surface area (Å²) >= 11 is 0. The van der Waals surface area contributed by atoms with E-state index in [0.29, 0.717) is 0 Å². The summed E-state index contributed by atoms with van der Waals surface area (Å²) in [5, 5.41) is 52.7.